The molecule has 0 N–H and O–H groups in total. The molecule has 0 bridgehead atoms. The third kappa shape index (κ3) is 7.30. The van der Waals surface area contributed by atoms with Crippen molar-refractivity contribution in [1.82, 2.24) is 15.0 Å². The van der Waals surface area contributed by atoms with E-state index in [9.17, 15) is 0 Å². The maximum atomic E-state index is 6.40. The number of aromatic nitrogens is 3. The topological polar surface area (TPSA) is 65.0 Å². The zero-order valence-electron chi connectivity index (χ0n) is 30.0. The first-order chi connectivity index (χ1) is 24.2. The Morgan fingerprint density at radius 2 is 1.29 bits per heavy atom. The first kappa shape index (κ1) is 35.9. The van der Waals surface area contributed by atoms with Crippen LogP contribution in [0.4, 0.5) is 0 Å². The maximum Gasteiger partial charge on any atom is 0.227 e. The molecule has 1 radical (unpaired) electrons. The van der Waals surface area contributed by atoms with Gasteiger partial charge in [-0.25, -0.2) is 4.98 Å². The summed E-state index contributed by atoms with van der Waals surface area (Å²) in [7, 11) is 0. The smallest absolute Gasteiger partial charge is 0.227 e. The van der Waals surface area contributed by atoms with Gasteiger partial charge in [-0.3, -0.25) is 0 Å². The van der Waals surface area contributed by atoms with E-state index in [0.29, 0.717) is 34.8 Å². The summed E-state index contributed by atoms with van der Waals surface area (Å²) in [6, 6.07) is 37.3. The van der Waals surface area contributed by atoms with Gasteiger partial charge in [-0.2, -0.15) is 0 Å². The van der Waals surface area contributed by atoms with Crippen LogP contribution in [0.3, 0.4) is 0 Å². The molecule has 51 heavy (non-hydrogen) atoms. The second-order valence-electron chi connectivity index (χ2n) is 13.8. The standard InChI is InChI=1S/C27H19N2O2.C18H22N.Ir/c1-16(2)18-13-14-28-23(15-18)21-10-6-9-19-20-11-12-22-26(25(20)30-24(19)21)31-27(29-22)17-7-4-3-5-8-17;1-12(2)15-8-9-19-18(11-15)16-7-6-14(5)17(10-16)13(3)4;/h3-9,11-16H,1-2H3;6,8-13H,1-5H3;/q2*-1;. The molecular weight excluding hydrogens is 807 g/mol. The number of rotatable bonds is 6. The fourth-order valence-electron chi connectivity index (χ4n) is 6.33. The normalized spacial score (nSPS) is 11.4. The van der Waals surface area contributed by atoms with Crippen LogP contribution in [-0.2, 0) is 20.1 Å². The average molecular weight is 848 g/mol. The molecule has 0 saturated heterocycles. The maximum absolute atomic E-state index is 6.40. The molecule has 0 spiro atoms. The number of aryl methyl sites for hydroxylation is 1. The second-order valence-corrected chi connectivity index (χ2v) is 13.8. The molecule has 0 amide bonds. The van der Waals surface area contributed by atoms with Crippen LogP contribution in [0.15, 0.2) is 112 Å². The number of fused-ring (bicyclic) bond motifs is 5. The minimum absolute atomic E-state index is 0. The quantitative estimate of drug-likeness (QED) is 0.156. The van der Waals surface area contributed by atoms with E-state index in [-0.39, 0.29) is 20.1 Å². The van der Waals surface area contributed by atoms with Gasteiger partial charge in [0.2, 0.25) is 5.89 Å². The Morgan fingerprint density at radius 3 is 1.98 bits per heavy atom. The van der Waals surface area contributed by atoms with E-state index in [1.54, 1.807) is 0 Å². The Morgan fingerprint density at radius 1 is 0.627 bits per heavy atom. The first-order valence-corrected chi connectivity index (χ1v) is 17.3. The van der Waals surface area contributed by atoms with Gasteiger partial charge in [0.25, 0.3) is 0 Å². The Balaban J connectivity index is 0.000000194. The van der Waals surface area contributed by atoms with E-state index in [2.05, 4.69) is 112 Å². The van der Waals surface area contributed by atoms with Crippen LogP contribution in [-0.4, -0.2) is 15.0 Å². The van der Waals surface area contributed by atoms with Crippen molar-refractivity contribution in [2.24, 2.45) is 0 Å². The van der Waals surface area contributed by atoms with Gasteiger partial charge in [-0.1, -0.05) is 101 Å². The van der Waals surface area contributed by atoms with Crippen molar-refractivity contribution in [3.05, 3.63) is 138 Å². The molecule has 0 aliphatic carbocycles. The molecule has 0 atom stereocenters. The van der Waals surface area contributed by atoms with Crippen LogP contribution in [0.1, 0.15) is 81.5 Å². The number of nitrogens with zero attached hydrogens (tertiary/aromatic N) is 3. The minimum atomic E-state index is 0. The van der Waals surface area contributed by atoms with E-state index in [1.165, 1.54) is 22.3 Å². The zero-order valence-corrected chi connectivity index (χ0v) is 32.4. The number of pyridine rings is 2. The monoisotopic (exact) mass is 848 g/mol. The molecule has 4 aromatic heterocycles. The summed E-state index contributed by atoms with van der Waals surface area (Å²) in [6.45, 7) is 15.4. The van der Waals surface area contributed by atoms with Crippen molar-refractivity contribution >= 4 is 33.0 Å². The number of benzene rings is 4. The average Bonchev–Trinajstić information content (AvgIpc) is 3.75. The third-order valence-electron chi connectivity index (χ3n) is 9.23. The second kappa shape index (κ2) is 15.1. The fraction of sp³-hybridized carbons (Fsp3) is 0.222. The SMILES string of the molecule is CC(C)c1ccnc(-c2[c-]ccc3c2oc2c3ccc3nc(-c4ccccc4)oc32)c1.Cc1c[c-]c(-c2cc(C(C)C)ccn2)cc1C(C)C.[Ir]. The predicted octanol–water partition coefficient (Wildman–Crippen LogP) is 12.5. The number of oxazole rings is 1. The Bertz CT molecular complexity index is 2440. The molecular formula is C45H41IrN3O2-2. The van der Waals surface area contributed by atoms with Gasteiger partial charge in [0.15, 0.2) is 11.2 Å². The molecule has 5 nitrogen and oxygen atoms in total. The van der Waals surface area contributed by atoms with Gasteiger partial charge in [0, 0.05) is 43.4 Å². The molecule has 0 fully saturated rings. The van der Waals surface area contributed by atoms with Gasteiger partial charge >= 0.3 is 0 Å². The summed E-state index contributed by atoms with van der Waals surface area (Å²) in [5, 5.41) is 2.01. The van der Waals surface area contributed by atoms with Gasteiger partial charge in [0.05, 0.1) is 5.58 Å². The van der Waals surface area contributed by atoms with Gasteiger partial charge in [0.1, 0.15) is 5.52 Å². The van der Waals surface area contributed by atoms with Crippen LogP contribution < -0.4 is 0 Å². The van der Waals surface area contributed by atoms with Gasteiger partial charge in [-0.05, 0) is 65.5 Å². The summed E-state index contributed by atoms with van der Waals surface area (Å²) in [5.74, 6) is 2.06. The predicted molar refractivity (Wildman–Crippen MR) is 204 cm³/mol. The summed E-state index contributed by atoms with van der Waals surface area (Å²) in [5.41, 5.74) is 12.9. The van der Waals surface area contributed by atoms with Crippen molar-refractivity contribution in [2.45, 2.75) is 66.2 Å². The molecule has 259 valence electrons. The molecule has 6 heteroatoms. The molecule has 0 aliphatic heterocycles. The van der Waals surface area contributed by atoms with Crippen molar-refractivity contribution in [2.75, 3.05) is 0 Å². The number of hydrogen-bond donors (Lipinski definition) is 0. The van der Waals surface area contributed by atoms with Crippen LogP contribution in [0.5, 0.6) is 0 Å². The number of furan rings is 1. The van der Waals surface area contributed by atoms with E-state index in [0.717, 1.165) is 50.0 Å². The van der Waals surface area contributed by atoms with Crippen LogP contribution in [0.2, 0.25) is 0 Å². The molecule has 8 aromatic rings. The van der Waals surface area contributed by atoms with E-state index >= 15 is 0 Å². The molecule has 0 saturated carbocycles. The van der Waals surface area contributed by atoms with E-state index in [1.807, 2.05) is 67.0 Å². The Hall–Kier alpha value is -4.90. The van der Waals surface area contributed by atoms with E-state index < -0.39 is 0 Å². The number of hydrogen-bond acceptors (Lipinski definition) is 5. The summed E-state index contributed by atoms with van der Waals surface area (Å²) in [4.78, 5) is 13.8. The van der Waals surface area contributed by atoms with Gasteiger partial charge in [-0.15, -0.1) is 53.1 Å². The van der Waals surface area contributed by atoms with Gasteiger partial charge < -0.3 is 18.8 Å². The summed E-state index contributed by atoms with van der Waals surface area (Å²) < 4.78 is 12.6. The van der Waals surface area contributed by atoms with Crippen molar-refractivity contribution < 1.29 is 28.9 Å². The van der Waals surface area contributed by atoms with Crippen LogP contribution in [0, 0.1) is 19.1 Å². The van der Waals surface area contributed by atoms with Crippen molar-refractivity contribution in [1.29, 1.82) is 0 Å². The fourth-order valence-corrected chi connectivity index (χ4v) is 6.33. The van der Waals surface area contributed by atoms with Crippen LogP contribution >= 0.6 is 0 Å². The van der Waals surface area contributed by atoms with Crippen LogP contribution in [0.25, 0.3) is 67.0 Å². The Kier molecular flexibility index (Phi) is 10.7. The minimum Gasteiger partial charge on any atom is -0.497 e. The molecule has 8 rings (SSSR count). The largest absolute Gasteiger partial charge is 0.497 e. The molecule has 4 heterocycles. The summed E-state index contributed by atoms with van der Waals surface area (Å²) >= 11 is 0. The molecule has 4 aromatic carbocycles. The van der Waals surface area contributed by atoms with Crippen molar-refractivity contribution in [3.8, 4) is 34.0 Å². The first-order valence-electron chi connectivity index (χ1n) is 17.3. The molecule has 0 unspecified atom stereocenters. The Labute approximate surface area is 313 Å². The summed E-state index contributed by atoms with van der Waals surface area (Å²) in [6.07, 6.45) is 3.74. The third-order valence-corrected chi connectivity index (χ3v) is 9.23. The van der Waals surface area contributed by atoms with Crippen molar-refractivity contribution in [3.63, 3.8) is 0 Å². The molecule has 0 aliphatic rings. The van der Waals surface area contributed by atoms with E-state index in [4.69, 9.17) is 8.83 Å². The zero-order chi connectivity index (χ0) is 34.9.